The number of guanidine groups is 1. The summed E-state index contributed by atoms with van der Waals surface area (Å²) in [6.07, 6.45) is 5.70. The highest BCUT2D eigenvalue weighted by atomic mass is 127. The first-order chi connectivity index (χ1) is 14.2. The highest BCUT2D eigenvalue weighted by molar-refractivity contribution is 14.0. The lowest BCUT2D eigenvalue weighted by atomic mass is 10.1. The van der Waals surface area contributed by atoms with Crippen LogP contribution in [0.25, 0.3) is 11.3 Å². The second-order valence-electron chi connectivity index (χ2n) is 7.07. The molecule has 1 saturated heterocycles. The molecular formula is C22H27IN6O. The molecule has 0 aliphatic carbocycles. The third-order valence-electron chi connectivity index (χ3n) is 5.01. The normalized spacial score (nSPS) is 16.8. The maximum absolute atomic E-state index is 5.95. The standard InChI is InChI=1S/C22H26N6O.HI/c1-23-22(28-10-11-29-21(16-28)19-14-26-27(2)15-19)25-13-17-6-5-7-18(12-17)20-8-3-4-9-24-20;/h3-9,12,14-15,21H,10-11,13,16H2,1-2H3,(H,23,25);1H. The minimum Gasteiger partial charge on any atom is -0.370 e. The van der Waals surface area contributed by atoms with Crippen LogP contribution < -0.4 is 5.32 Å². The minimum absolute atomic E-state index is 0. The molecule has 1 N–H and O–H groups in total. The molecule has 30 heavy (non-hydrogen) atoms. The lowest BCUT2D eigenvalue weighted by molar-refractivity contribution is -0.00805. The Labute approximate surface area is 194 Å². The molecule has 0 amide bonds. The molecule has 3 heterocycles. The van der Waals surface area contributed by atoms with Gasteiger partial charge in [-0.2, -0.15) is 5.10 Å². The number of hydrogen-bond acceptors (Lipinski definition) is 4. The van der Waals surface area contributed by atoms with Gasteiger partial charge in [0, 0.05) is 50.7 Å². The van der Waals surface area contributed by atoms with Crippen molar-refractivity contribution in [2.75, 3.05) is 26.7 Å². The van der Waals surface area contributed by atoms with E-state index < -0.39 is 0 Å². The Morgan fingerprint density at radius 2 is 2.17 bits per heavy atom. The Morgan fingerprint density at radius 3 is 2.90 bits per heavy atom. The molecule has 0 bridgehead atoms. The van der Waals surface area contributed by atoms with Crippen molar-refractivity contribution >= 4 is 29.9 Å². The van der Waals surface area contributed by atoms with Crippen LogP contribution in [0.15, 0.2) is 66.0 Å². The van der Waals surface area contributed by atoms with Crippen molar-refractivity contribution in [3.8, 4) is 11.3 Å². The first-order valence-corrected chi connectivity index (χ1v) is 9.79. The zero-order valence-electron chi connectivity index (χ0n) is 17.2. The number of nitrogens with zero attached hydrogens (tertiary/aromatic N) is 5. The van der Waals surface area contributed by atoms with Crippen LogP contribution in [0.3, 0.4) is 0 Å². The van der Waals surface area contributed by atoms with Crippen molar-refractivity contribution in [1.29, 1.82) is 0 Å². The zero-order chi connectivity index (χ0) is 20.1. The third kappa shape index (κ3) is 5.37. The molecule has 7 nitrogen and oxygen atoms in total. The number of hydrogen-bond donors (Lipinski definition) is 1. The monoisotopic (exact) mass is 518 g/mol. The average molecular weight is 518 g/mol. The third-order valence-corrected chi connectivity index (χ3v) is 5.01. The van der Waals surface area contributed by atoms with E-state index in [1.54, 1.807) is 4.68 Å². The first-order valence-electron chi connectivity index (χ1n) is 9.79. The molecule has 1 unspecified atom stereocenters. The molecule has 4 rings (SSSR count). The summed E-state index contributed by atoms with van der Waals surface area (Å²) in [5.41, 5.74) is 4.37. The summed E-state index contributed by atoms with van der Waals surface area (Å²) in [4.78, 5) is 11.2. The summed E-state index contributed by atoms with van der Waals surface area (Å²) in [5.74, 6) is 0.880. The number of nitrogens with one attached hydrogen (secondary N) is 1. The Kier molecular flexibility index (Phi) is 7.81. The maximum atomic E-state index is 5.95. The van der Waals surface area contributed by atoms with Crippen LogP contribution in [0, 0.1) is 0 Å². The summed E-state index contributed by atoms with van der Waals surface area (Å²) in [5, 5.41) is 7.75. The molecule has 1 fully saturated rings. The second-order valence-corrected chi connectivity index (χ2v) is 7.07. The van der Waals surface area contributed by atoms with Crippen molar-refractivity contribution in [3.63, 3.8) is 0 Å². The minimum atomic E-state index is 0. The predicted molar refractivity (Wildman–Crippen MR) is 129 cm³/mol. The average Bonchev–Trinajstić information content (AvgIpc) is 3.22. The number of ether oxygens (including phenoxy) is 1. The van der Waals surface area contributed by atoms with Gasteiger partial charge in [0.15, 0.2) is 5.96 Å². The molecule has 1 atom stereocenters. The fraction of sp³-hybridized carbons (Fsp3) is 0.318. The van der Waals surface area contributed by atoms with Gasteiger partial charge < -0.3 is 15.0 Å². The smallest absolute Gasteiger partial charge is 0.194 e. The lowest BCUT2D eigenvalue weighted by Crippen LogP contribution is -2.47. The molecule has 0 spiro atoms. The van der Waals surface area contributed by atoms with Crippen LogP contribution in [0.1, 0.15) is 17.2 Å². The molecule has 158 valence electrons. The van der Waals surface area contributed by atoms with E-state index in [-0.39, 0.29) is 30.1 Å². The fourth-order valence-electron chi connectivity index (χ4n) is 3.54. The van der Waals surface area contributed by atoms with Crippen molar-refractivity contribution in [3.05, 3.63) is 72.2 Å². The van der Waals surface area contributed by atoms with E-state index in [1.807, 2.05) is 50.9 Å². The van der Waals surface area contributed by atoms with Gasteiger partial charge in [0.25, 0.3) is 0 Å². The van der Waals surface area contributed by atoms with Crippen LogP contribution >= 0.6 is 24.0 Å². The van der Waals surface area contributed by atoms with Crippen LogP contribution in [-0.4, -0.2) is 52.4 Å². The van der Waals surface area contributed by atoms with E-state index in [9.17, 15) is 0 Å². The SMILES string of the molecule is CN=C(NCc1cccc(-c2ccccn2)c1)N1CCOC(c2cnn(C)c2)C1.I. The molecule has 8 heteroatoms. The van der Waals surface area contributed by atoms with Crippen LogP contribution in [-0.2, 0) is 18.3 Å². The van der Waals surface area contributed by atoms with E-state index in [4.69, 9.17) is 4.74 Å². The Balaban J connectivity index is 0.00000256. The van der Waals surface area contributed by atoms with Gasteiger partial charge in [-0.25, -0.2) is 0 Å². The number of morpholine rings is 1. The van der Waals surface area contributed by atoms with Crippen molar-refractivity contribution in [2.24, 2.45) is 12.0 Å². The molecule has 0 saturated carbocycles. The number of aromatic nitrogens is 3. The molecular weight excluding hydrogens is 491 g/mol. The Hall–Kier alpha value is -2.46. The maximum Gasteiger partial charge on any atom is 0.194 e. The van der Waals surface area contributed by atoms with Crippen LogP contribution in [0.4, 0.5) is 0 Å². The van der Waals surface area contributed by atoms with Crippen molar-refractivity contribution < 1.29 is 4.74 Å². The van der Waals surface area contributed by atoms with Crippen molar-refractivity contribution in [1.82, 2.24) is 25.0 Å². The lowest BCUT2D eigenvalue weighted by Gasteiger charge is -2.34. The molecule has 1 aliphatic heterocycles. The zero-order valence-corrected chi connectivity index (χ0v) is 19.6. The topological polar surface area (TPSA) is 67.6 Å². The number of pyridine rings is 1. The molecule has 2 aromatic heterocycles. The van der Waals surface area contributed by atoms with Gasteiger partial charge in [0.2, 0.25) is 0 Å². The highest BCUT2D eigenvalue weighted by Crippen LogP contribution is 2.22. The number of aryl methyl sites for hydroxylation is 1. The summed E-state index contributed by atoms with van der Waals surface area (Å²) >= 11 is 0. The molecule has 1 aromatic carbocycles. The van der Waals surface area contributed by atoms with Gasteiger partial charge in [-0.15, -0.1) is 24.0 Å². The first kappa shape index (κ1) is 22.2. The predicted octanol–water partition coefficient (Wildman–Crippen LogP) is 3.25. The summed E-state index contributed by atoms with van der Waals surface area (Å²) in [6.45, 7) is 2.92. The molecule has 1 aliphatic rings. The fourth-order valence-corrected chi connectivity index (χ4v) is 3.54. The number of benzene rings is 1. The van der Waals surface area contributed by atoms with E-state index in [1.165, 1.54) is 5.56 Å². The van der Waals surface area contributed by atoms with Gasteiger partial charge in [-0.05, 0) is 23.8 Å². The van der Waals surface area contributed by atoms with Crippen LogP contribution in [0.2, 0.25) is 0 Å². The second kappa shape index (κ2) is 10.5. The largest absolute Gasteiger partial charge is 0.370 e. The summed E-state index contributed by atoms with van der Waals surface area (Å²) in [6, 6.07) is 14.4. The molecule has 0 radical (unpaired) electrons. The van der Waals surface area contributed by atoms with Gasteiger partial charge in [0.1, 0.15) is 6.10 Å². The number of rotatable bonds is 4. The number of halogens is 1. The van der Waals surface area contributed by atoms with E-state index in [0.717, 1.165) is 35.9 Å². The Morgan fingerprint density at radius 1 is 1.27 bits per heavy atom. The summed E-state index contributed by atoms with van der Waals surface area (Å²) < 4.78 is 7.75. The number of aliphatic imine (C=N–C) groups is 1. The van der Waals surface area contributed by atoms with Gasteiger partial charge in [-0.1, -0.05) is 24.3 Å². The quantitative estimate of drug-likeness (QED) is 0.327. The van der Waals surface area contributed by atoms with E-state index in [2.05, 4.69) is 49.6 Å². The van der Waals surface area contributed by atoms with E-state index >= 15 is 0 Å². The van der Waals surface area contributed by atoms with Gasteiger partial charge in [-0.3, -0.25) is 14.7 Å². The van der Waals surface area contributed by atoms with Crippen LogP contribution in [0.5, 0.6) is 0 Å². The summed E-state index contributed by atoms with van der Waals surface area (Å²) in [7, 11) is 3.74. The van der Waals surface area contributed by atoms with Gasteiger partial charge >= 0.3 is 0 Å². The van der Waals surface area contributed by atoms with Crippen molar-refractivity contribution in [2.45, 2.75) is 12.6 Å². The molecule has 3 aromatic rings. The highest BCUT2D eigenvalue weighted by Gasteiger charge is 2.25. The Bertz CT molecular complexity index is 975. The van der Waals surface area contributed by atoms with E-state index in [0.29, 0.717) is 13.2 Å². The van der Waals surface area contributed by atoms with Gasteiger partial charge in [0.05, 0.1) is 25.0 Å².